The maximum atomic E-state index is 12.0. The number of unbranched alkanes of at least 4 members (excludes halogenated alkanes) is 27. The highest BCUT2D eigenvalue weighted by Gasteiger charge is 2.12. The smallest absolute Gasteiger partial charge is 0.305 e. The molecule has 0 aliphatic heterocycles. The summed E-state index contributed by atoms with van der Waals surface area (Å²) in [5, 5.41) is 10.0. The number of hydrogen-bond donors (Lipinski definition) is 1. The van der Waals surface area contributed by atoms with Crippen molar-refractivity contribution in [3.8, 4) is 0 Å². The number of carbonyl (C=O) groups is 2. The third-order valence-electron chi connectivity index (χ3n) is 9.88. The molecule has 0 bridgehead atoms. The predicted molar refractivity (Wildman–Crippen MR) is 201 cm³/mol. The zero-order valence-electron chi connectivity index (χ0n) is 32.0. The lowest BCUT2D eigenvalue weighted by molar-refractivity contribution is -0.152. The molecule has 5 nitrogen and oxygen atoms in total. The molecule has 2 atom stereocenters. The van der Waals surface area contributed by atoms with Crippen LogP contribution in [0.5, 0.6) is 0 Å². The molecule has 0 aliphatic rings. The third kappa shape index (κ3) is 37.6. The minimum Gasteiger partial charge on any atom is -0.463 e. The van der Waals surface area contributed by atoms with Crippen molar-refractivity contribution in [1.82, 2.24) is 0 Å². The molecule has 0 saturated heterocycles. The molecular formula is C42H82O5. The summed E-state index contributed by atoms with van der Waals surface area (Å²) in [5.41, 5.74) is 0. The van der Waals surface area contributed by atoms with Crippen LogP contribution >= 0.6 is 0 Å². The van der Waals surface area contributed by atoms with Gasteiger partial charge in [0.2, 0.25) is 0 Å². The van der Waals surface area contributed by atoms with Crippen LogP contribution < -0.4 is 0 Å². The van der Waals surface area contributed by atoms with E-state index in [4.69, 9.17) is 9.47 Å². The van der Waals surface area contributed by atoms with Gasteiger partial charge in [0.05, 0.1) is 0 Å². The summed E-state index contributed by atoms with van der Waals surface area (Å²) in [6.45, 7) is 6.70. The largest absolute Gasteiger partial charge is 0.463 e. The number of aliphatic hydroxyl groups is 1. The Morgan fingerprint density at radius 1 is 0.447 bits per heavy atom. The van der Waals surface area contributed by atoms with E-state index in [1.54, 1.807) is 0 Å². The second kappa shape index (κ2) is 37.7. The van der Waals surface area contributed by atoms with Crippen molar-refractivity contribution in [2.24, 2.45) is 5.92 Å². The molecule has 0 rings (SSSR count). The molecule has 0 aliphatic carbocycles. The monoisotopic (exact) mass is 667 g/mol. The molecule has 0 aromatic carbocycles. The van der Waals surface area contributed by atoms with Gasteiger partial charge in [-0.2, -0.15) is 0 Å². The van der Waals surface area contributed by atoms with E-state index in [1.807, 2.05) is 0 Å². The predicted octanol–water partition coefficient (Wildman–Crippen LogP) is 13.0. The maximum Gasteiger partial charge on any atom is 0.305 e. The summed E-state index contributed by atoms with van der Waals surface area (Å²) >= 11 is 0. The van der Waals surface area contributed by atoms with Gasteiger partial charge in [-0.3, -0.25) is 9.59 Å². The number of rotatable bonds is 38. The molecule has 0 amide bonds. The number of ether oxygens (including phenoxy) is 2. The van der Waals surface area contributed by atoms with E-state index in [0.29, 0.717) is 12.8 Å². The number of carbonyl (C=O) groups excluding carboxylic acids is 2. The van der Waals surface area contributed by atoms with Crippen molar-refractivity contribution in [3.63, 3.8) is 0 Å². The molecule has 1 N–H and O–H groups in total. The van der Waals surface area contributed by atoms with Gasteiger partial charge in [-0.05, 0) is 18.8 Å². The van der Waals surface area contributed by atoms with Gasteiger partial charge < -0.3 is 14.6 Å². The molecule has 0 radical (unpaired) electrons. The van der Waals surface area contributed by atoms with Crippen molar-refractivity contribution in [1.29, 1.82) is 0 Å². The molecule has 0 heterocycles. The van der Waals surface area contributed by atoms with E-state index >= 15 is 0 Å². The summed E-state index contributed by atoms with van der Waals surface area (Å²) in [6, 6.07) is 0. The molecule has 47 heavy (non-hydrogen) atoms. The van der Waals surface area contributed by atoms with Crippen LogP contribution in [0.15, 0.2) is 0 Å². The molecule has 0 aromatic rings. The molecular weight excluding hydrogens is 584 g/mol. The van der Waals surface area contributed by atoms with Gasteiger partial charge in [0.25, 0.3) is 0 Å². The molecule has 280 valence electrons. The Kier molecular flexibility index (Phi) is 36.8. The second-order valence-electron chi connectivity index (χ2n) is 14.7. The maximum absolute atomic E-state index is 12.0. The van der Waals surface area contributed by atoms with E-state index in [-0.39, 0.29) is 25.2 Å². The van der Waals surface area contributed by atoms with E-state index in [9.17, 15) is 14.7 Å². The average molecular weight is 667 g/mol. The van der Waals surface area contributed by atoms with Gasteiger partial charge >= 0.3 is 11.9 Å². The summed E-state index contributed by atoms with van der Waals surface area (Å²) in [4.78, 5) is 24.0. The SMILES string of the molecule is CCCCCCCCCCCCCCCCCCCCCC(=O)OC[C@H](O)COC(=O)CCCCCCCCCCCCC(C)CC. The first-order chi connectivity index (χ1) is 23.0. The Hall–Kier alpha value is -1.10. The molecule has 0 saturated carbocycles. The minimum absolute atomic E-state index is 0.108. The van der Waals surface area contributed by atoms with Gasteiger partial charge in [-0.1, -0.05) is 207 Å². The number of esters is 2. The lowest BCUT2D eigenvalue weighted by Crippen LogP contribution is -2.25. The first-order valence-electron chi connectivity index (χ1n) is 21.0. The van der Waals surface area contributed by atoms with Gasteiger partial charge in [0.1, 0.15) is 19.3 Å². The van der Waals surface area contributed by atoms with E-state index < -0.39 is 6.10 Å². The quantitative estimate of drug-likeness (QED) is 0.0524. The van der Waals surface area contributed by atoms with Gasteiger partial charge in [0.15, 0.2) is 0 Å². The fourth-order valence-electron chi connectivity index (χ4n) is 6.30. The fourth-order valence-corrected chi connectivity index (χ4v) is 6.30. The van der Waals surface area contributed by atoms with Crippen LogP contribution in [-0.2, 0) is 19.1 Å². The Labute approximate surface area is 293 Å². The van der Waals surface area contributed by atoms with Crippen LogP contribution in [0.25, 0.3) is 0 Å². The molecule has 0 spiro atoms. The fraction of sp³-hybridized carbons (Fsp3) is 0.952. The van der Waals surface area contributed by atoms with Crippen LogP contribution in [0, 0.1) is 5.92 Å². The lowest BCUT2D eigenvalue weighted by Gasteiger charge is -2.12. The summed E-state index contributed by atoms with van der Waals surface area (Å²) in [5.74, 6) is 0.329. The zero-order valence-corrected chi connectivity index (χ0v) is 32.0. The Bertz CT molecular complexity index is 651. The Balaban J connectivity index is 3.37. The van der Waals surface area contributed by atoms with E-state index in [0.717, 1.165) is 31.6 Å². The minimum atomic E-state index is -0.956. The standard InChI is InChI=1S/C42H82O5/c1-4-6-7-8-9-10-11-12-13-14-15-16-17-18-19-23-26-29-32-35-41(44)46-37-40(43)38-47-42(45)36-33-30-27-24-21-20-22-25-28-31-34-39(3)5-2/h39-40,43H,4-38H2,1-3H3/t39?,40-/m0/s1. The number of hydrogen-bond acceptors (Lipinski definition) is 5. The van der Waals surface area contributed by atoms with Crippen molar-refractivity contribution in [2.45, 2.75) is 239 Å². The van der Waals surface area contributed by atoms with Crippen LogP contribution in [0.3, 0.4) is 0 Å². The van der Waals surface area contributed by atoms with Crippen molar-refractivity contribution in [3.05, 3.63) is 0 Å². The van der Waals surface area contributed by atoms with E-state index in [1.165, 1.54) is 173 Å². The van der Waals surface area contributed by atoms with Crippen LogP contribution in [0.4, 0.5) is 0 Å². The third-order valence-corrected chi connectivity index (χ3v) is 9.88. The topological polar surface area (TPSA) is 72.8 Å². The first kappa shape index (κ1) is 45.9. The summed E-state index contributed by atoms with van der Waals surface area (Å²) in [7, 11) is 0. The Morgan fingerprint density at radius 3 is 1.02 bits per heavy atom. The van der Waals surface area contributed by atoms with Gasteiger partial charge in [0, 0.05) is 12.8 Å². The Morgan fingerprint density at radius 2 is 0.723 bits per heavy atom. The van der Waals surface area contributed by atoms with E-state index in [2.05, 4.69) is 20.8 Å². The summed E-state index contributed by atoms with van der Waals surface area (Å²) < 4.78 is 10.4. The van der Waals surface area contributed by atoms with Gasteiger partial charge in [-0.15, -0.1) is 0 Å². The second-order valence-corrected chi connectivity index (χ2v) is 14.7. The highest BCUT2D eigenvalue weighted by atomic mass is 16.6. The van der Waals surface area contributed by atoms with Crippen molar-refractivity contribution >= 4 is 11.9 Å². The van der Waals surface area contributed by atoms with Crippen molar-refractivity contribution in [2.75, 3.05) is 13.2 Å². The normalized spacial score (nSPS) is 12.7. The van der Waals surface area contributed by atoms with Crippen LogP contribution in [-0.4, -0.2) is 36.4 Å². The summed E-state index contributed by atoms with van der Waals surface area (Å²) in [6.07, 6.45) is 40.1. The molecule has 5 heteroatoms. The first-order valence-corrected chi connectivity index (χ1v) is 21.0. The van der Waals surface area contributed by atoms with Crippen LogP contribution in [0.1, 0.15) is 233 Å². The highest BCUT2D eigenvalue weighted by molar-refractivity contribution is 5.69. The van der Waals surface area contributed by atoms with Crippen LogP contribution in [0.2, 0.25) is 0 Å². The molecule has 0 fully saturated rings. The highest BCUT2D eigenvalue weighted by Crippen LogP contribution is 2.17. The molecule has 0 aromatic heterocycles. The molecule has 1 unspecified atom stereocenters. The lowest BCUT2D eigenvalue weighted by atomic mass is 9.99. The number of aliphatic hydroxyl groups excluding tert-OH is 1. The average Bonchev–Trinajstić information content (AvgIpc) is 3.07. The zero-order chi connectivity index (χ0) is 34.5. The van der Waals surface area contributed by atoms with Gasteiger partial charge in [-0.25, -0.2) is 0 Å². The van der Waals surface area contributed by atoms with Crippen molar-refractivity contribution < 1.29 is 24.2 Å².